The molecule has 29 heavy (non-hydrogen) atoms. The highest BCUT2D eigenvalue weighted by atomic mass is 16.5. The maximum atomic E-state index is 6.08. The zero-order valence-corrected chi connectivity index (χ0v) is 16.3. The summed E-state index contributed by atoms with van der Waals surface area (Å²) in [6.07, 6.45) is 2.06. The molecule has 0 saturated carbocycles. The maximum Gasteiger partial charge on any atom is 0.0721 e. The fraction of sp³-hybridized carbons (Fsp3) is 0.143. The van der Waals surface area contributed by atoms with E-state index >= 15 is 0 Å². The predicted octanol–water partition coefficient (Wildman–Crippen LogP) is 6.55. The number of rotatable bonds is 4. The van der Waals surface area contributed by atoms with Gasteiger partial charge in [0.1, 0.15) is 0 Å². The van der Waals surface area contributed by atoms with Crippen LogP contribution in [0, 0.1) is 0 Å². The van der Waals surface area contributed by atoms with Crippen molar-refractivity contribution in [2.24, 2.45) is 0 Å². The van der Waals surface area contributed by atoms with Crippen LogP contribution in [-0.2, 0) is 30.8 Å². The molecule has 0 amide bonds. The maximum absolute atomic E-state index is 6.08. The van der Waals surface area contributed by atoms with Gasteiger partial charge in [0.2, 0.25) is 0 Å². The minimum Gasteiger partial charge on any atom is -0.372 e. The summed E-state index contributed by atoms with van der Waals surface area (Å²) >= 11 is 0. The predicted molar refractivity (Wildman–Crippen MR) is 118 cm³/mol. The Morgan fingerprint density at radius 3 is 1.45 bits per heavy atom. The largest absolute Gasteiger partial charge is 0.372 e. The number of benzene rings is 4. The first kappa shape index (κ1) is 16.8. The summed E-state index contributed by atoms with van der Waals surface area (Å²) in [5.74, 6) is 0. The lowest BCUT2D eigenvalue weighted by Gasteiger charge is -2.09. The molecule has 0 spiro atoms. The van der Waals surface area contributed by atoms with Crippen molar-refractivity contribution in [1.82, 2.24) is 0 Å². The van der Waals surface area contributed by atoms with Crippen LogP contribution in [0.25, 0.3) is 22.3 Å². The van der Waals surface area contributed by atoms with Crippen molar-refractivity contribution in [3.05, 3.63) is 118 Å². The van der Waals surface area contributed by atoms with Crippen LogP contribution in [0.4, 0.5) is 0 Å². The molecule has 0 radical (unpaired) electrons. The smallest absolute Gasteiger partial charge is 0.0721 e. The van der Waals surface area contributed by atoms with Crippen LogP contribution in [0.1, 0.15) is 33.4 Å². The number of fused-ring (bicyclic) bond motifs is 6. The van der Waals surface area contributed by atoms with Crippen LogP contribution in [0.15, 0.2) is 84.9 Å². The Labute approximate surface area is 171 Å². The van der Waals surface area contributed by atoms with Crippen LogP contribution in [0.2, 0.25) is 0 Å². The van der Waals surface area contributed by atoms with Gasteiger partial charge in [0, 0.05) is 0 Å². The SMILES string of the molecule is c1ccc2c(c1)Cc1cc(COCc3ccc4c(c3)Cc3ccccc3-4)ccc1-2. The molecule has 0 bridgehead atoms. The number of hydrogen-bond acceptors (Lipinski definition) is 1. The topological polar surface area (TPSA) is 9.23 Å². The van der Waals surface area contributed by atoms with Gasteiger partial charge in [-0.15, -0.1) is 0 Å². The highest BCUT2D eigenvalue weighted by Gasteiger charge is 2.19. The molecule has 2 aliphatic rings. The molecule has 0 heterocycles. The molecule has 140 valence electrons. The second-order valence-electron chi connectivity index (χ2n) is 8.14. The zero-order chi connectivity index (χ0) is 19.2. The Balaban J connectivity index is 1.14. The molecule has 0 aromatic heterocycles. The summed E-state index contributed by atoms with van der Waals surface area (Å²) in [5, 5.41) is 0. The average Bonchev–Trinajstić information content (AvgIpc) is 3.31. The van der Waals surface area contributed by atoms with Crippen molar-refractivity contribution in [1.29, 1.82) is 0 Å². The Kier molecular flexibility index (Phi) is 3.88. The van der Waals surface area contributed by atoms with Crippen molar-refractivity contribution in [3.8, 4) is 22.3 Å². The van der Waals surface area contributed by atoms with Crippen LogP contribution in [-0.4, -0.2) is 0 Å². The van der Waals surface area contributed by atoms with Gasteiger partial charge in [-0.1, -0.05) is 84.9 Å². The van der Waals surface area contributed by atoms with Crippen LogP contribution in [0.5, 0.6) is 0 Å². The highest BCUT2D eigenvalue weighted by molar-refractivity contribution is 5.77. The van der Waals surface area contributed by atoms with Crippen LogP contribution < -0.4 is 0 Å². The summed E-state index contributed by atoms with van der Waals surface area (Å²) in [4.78, 5) is 0. The van der Waals surface area contributed by atoms with E-state index in [2.05, 4.69) is 84.9 Å². The van der Waals surface area contributed by atoms with Gasteiger partial charge in [0.25, 0.3) is 0 Å². The average molecular weight is 374 g/mol. The molecule has 2 aliphatic carbocycles. The standard InChI is InChI=1S/C28H22O/c1-3-7-25-21(5-1)15-23-13-19(9-11-27(23)25)17-29-18-20-10-12-28-24(14-20)16-22-6-2-4-8-26(22)28/h1-14H,15-18H2. The lowest BCUT2D eigenvalue weighted by Crippen LogP contribution is -1.96. The van der Waals surface area contributed by atoms with Crippen molar-refractivity contribution in [2.45, 2.75) is 26.1 Å². The van der Waals surface area contributed by atoms with Crippen molar-refractivity contribution >= 4 is 0 Å². The van der Waals surface area contributed by atoms with E-state index in [4.69, 9.17) is 4.74 Å². The third-order valence-electron chi connectivity index (χ3n) is 6.25. The Morgan fingerprint density at radius 2 is 0.931 bits per heavy atom. The monoisotopic (exact) mass is 374 g/mol. The van der Waals surface area contributed by atoms with E-state index in [1.165, 1.54) is 55.6 Å². The molecular formula is C28H22O. The van der Waals surface area contributed by atoms with E-state index in [0.29, 0.717) is 13.2 Å². The van der Waals surface area contributed by atoms with Gasteiger partial charge >= 0.3 is 0 Å². The molecule has 0 unspecified atom stereocenters. The molecule has 0 fully saturated rings. The third kappa shape index (κ3) is 2.90. The van der Waals surface area contributed by atoms with E-state index in [0.717, 1.165) is 12.8 Å². The first-order valence-corrected chi connectivity index (χ1v) is 10.3. The van der Waals surface area contributed by atoms with E-state index in [9.17, 15) is 0 Å². The second kappa shape index (κ2) is 6.72. The summed E-state index contributed by atoms with van der Waals surface area (Å²) in [6.45, 7) is 1.31. The van der Waals surface area contributed by atoms with Gasteiger partial charge in [0.15, 0.2) is 0 Å². The summed E-state index contributed by atoms with van der Waals surface area (Å²) in [7, 11) is 0. The molecule has 1 heteroatoms. The van der Waals surface area contributed by atoms with Gasteiger partial charge in [-0.2, -0.15) is 0 Å². The minimum absolute atomic E-state index is 0.654. The summed E-state index contributed by atoms with van der Waals surface area (Å²) in [6, 6.07) is 31.0. The van der Waals surface area contributed by atoms with Crippen molar-refractivity contribution < 1.29 is 4.74 Å². The molecule has 0 aliphatic heterocycles. The van der Waals surface area contributed by atoms with Gasteiger partial charge in [-0.25, -0.2) is 0 Å². The van der Waals surface area contributed by atoms with Gasteiger partial charge in [-0.3, -0.25) is 0 Å². The molecular weight excluding hydrogens is 352 g/mol. The lowest BCUT2D eigenvalue weighted by atomic mass is 10.0. The Hall–Kier alpha value is -3.16. The first-order chi connectivity index (χ1) is 14.3. The fourth-order valence-corrected chi connectivity index (χ4v) is 4.86. The Morgan fingerprint density at radius 1 is 0.483 bits per heavy atom. The van der Waals surface area contributed by atoms with E-state index < -0.39 is 0 Å². The molecule has 0 atom stereocenters. The van der Waals surface area contributed by atoms with E-state index in [1.807, 2.05) is 0 Å². The Bertz CT molecular complexity index is 1140. The quantitative estimate of drug-likeness (QED) is 0.340. The normalized spacial score (nSPS) is 13.0. The van der Waals surface area contributed by atoms with Crippen LogP contribution >= 0.6 is 0 Å². The molecule has 0 saturated heterocycles. The number of hydrogen-bond donors (Lipinski definition) is 0. The molecule has 0 N–H and O–H groups in total. The lowest BCUT2D eigenvalue weighted by molar-refractivity contribution is 0.107. The van der Waals surface area contributed by atoms with Crippen molar-refractivity contribution in [2.75, 3.05) is 0 Å². The second-order valence-corrected chi connectivity index (χ2v) is 8.14. The number of ether oxygens (including phenoxy) is 1. The molecule has 6 rings (SSSR count). The van der Waals surface area contributed by atoms with Gasteiger partial charge < -0.3 is 4.74 Å². The van der Waals surface area contributed by atoms with Gasteiger partial charge in [-0.05, 0) is 68.5 Å². The fourth-order valence-electron chi connectivity index (χ4n) is 4.86. The van der Waals surface area contributed by atoms with Crippen molar-refractivity contribution in [3.63, 3.8) is 0 Å². The minimum atomic E-state index is 0.654. The van der Waals surface area contributed by atoms with E-state index in [-0.39, 0.29) is 0 Å². The summed E-state index contributed by atoms with van der Waals surface area (Å²) < 4.78 is 6.08. The highest BCUT2D eigenvalue weighted by Crippen LogP contribution is 2.38. The zero-order valence-electron chi connectivity index (χ0n) is 16.3. The summed E-state index contributed by atoms with van der Waals surface area (Å²) in [5.41, 5.74) is 13.7. The molecule has 4 aromatic carbocycles. The van der Waals surface area contributed by atoms with Crippen LogP contribution in [0.3, 0.4) is 0 Å². The van der Waals surface area contributed by atoms with Gasteiger partial charge in [0.05, 0.1) is 13.2 Å². The molecule has 4 aromatic rings. The van der Waals surface area contributed by atoms with E-state index in [1.54, 1.807) is 0 Å². The third-order valence-corrected chi connectivity index (χ3v) is 6.25. The first-order valence-electron chi connectivity index (χ1n) is 10.3. The molecule has 1 nitrogen and oxygen atoms in total.